The van der Waals surface area contributed by atoms with E-state index in [2.05, 4.69) is 10.1 Å². The number of rotatable bonds is 5. The second-order valence-corrected chi connectivity index (χ2v) is 7.12. The van der Waals surface area contributed by atoms with Crippen LogP contribution in [-0.4, -0.2) is 49.9 Å². The fourth-order valence-corrected chi connectivity index (χ4v) is 3.32. The number of nitrogens with zero attached hydrogens (tertiary/aromatic N) is 5. The molecule has 3 heterocycles. The molecular formula is C22H21N5O2. The lowest BCUT2D eigenvalue weighted by Gasteiger charge is -2.10. The largest absolute Gasteiger partial charge is 0.345 e. The number of Topliss-reactive ketones (excluding diaryl/α,β-unsaturated/α-hetero) is 1. The van der Waals surface area contributed by atoms with E-state index in [1.165, 1.54) is 15.8 Å². The number of hydrogen-bond acceptors (Lipinski definition) is 4. The van der Waals surface area contributed by atoms with Crippen LogP contribution in [0.2, 0.25) is 0 Å². The van der Waals surface area contributed by atoms with Gasteiger partial charge in [0.2, 0.25) is 0 Å². The van der Waals surface area contributed by atoms with Gasteiger partial charge in [0.05, 0.1) is 17.5 Å². The van der Waals surface area contributed by atoms with Crippen molar-refractivity contribution in [2.75, 3.05) is 14.1 Å². The van der Waals surface area contributed by atoms with Crippen molar-refractivity contribution >= 4 is 17.3 Å². The highest BCUT2D eigenvalue weighted by atomic mass is 16.2. The number of aryl methyl sites for hydroxylation is 1. The van der Waals surface area contributed by atoms with Crippen molar-refractivity contribution in [2.24, 2.45) is 7.05 Å². The van der Waals surface area contributed by atoms with Crippen LogP contribution < -0.4 is 0 Å². The predicted molar refractivity (Wildman–Crippen MR) is 110 cm³/mol. The Kier molecular flexibility index (Phi) is 4.72. The van der Waals surface area contributed by atoms with Crippen LogP contribution in [0.1, 0.15) is 26.4 Å². The Labute approximate surface area is 168 Å². The monoisotopic (exact) mass is 387 g/mol. The second kappa shape index (κ2) is 7.35. The van der Waals surface area contributed by atoms with Crippen molar-refractivity contribution in [3.8, 4) is 11.3 Å². The van der Waals surface area contributed by atoms with Gasteiger partial charge < -0.3 is 9.30 Å². The first-order valence-electron chi connectivity index (χ1n) is 9.24. The number of imidazole rings is 1. The van der Waals surface area contributed by atoms with Crippen molar-refractivity contribution in [3.05, 3.63) is 77.9 Å². The molecule has 0 bridgehead atoms. The van der Waals surface area contributed by atoms with Gasteiger partial charge in [0.15, 0.2) is 5.78 Å². The fourth-order valence-electron chi connectivity index (χ4n) is 3.32. The zero-order valence-electron chi connectivity index (χ0n) is 16.5. The number of carbonyl (C=O) groups is 2. The third kappa shape index (κ3) is 3.54. The van der Waals surface area contributed by atoms with Crippen LogP contribution in [0.15, 0.2) is 61.1 Å². The van der Waals surface area contributed by atoms with Crippen molar-refractivity contribution < 1.29 is 9.59 Å². The number of ketones is 1. The smallest absolute Gasteiger partial charge is 0.257 e. The Hall–Kier alpha value is -3.74. The first-order chi connectivity index (χ1) is 13.9. The quantitative estimate of drug-likeness (QED) is 0.494. The summed E-state index contributed by atoms with van der Waals surface area (Å²) >= 11 is 0. The van der Waals surface area contributed by atoms with Gasteiger partial charge in [0, 0.05) is 45.5 Å². The van der Waals surface area contributed by atoms with Gasteiger partial charge in [-0.15, -0.1) is 0 Å². The van der Waals surface area contributed by atoms with E-state index in [4.69, 9.17) is 0 Å². The van der Waals surface area contributed by atoms with Crippen LogP contribution in [0, 0.1) is 0 Å². The van der Waals surface area contributed by atoms with E-state index >= 15 is 0 Å². The number of pyridine rings is 1. The molecule has 29 heavy (non-hydrogen) atoms. The van der Waals surface area contributed by atoms with Crippen LogP contribution in [0.25, 0.3) is 16.9 Å². The highest BCUT2D eigenvalue weighted by molar-refractivity contribution is 6.07. The van der Waals surface area contributed by atoms with Gasteiger partial charge in [-0.05, 0) is 17.7 Å². The Balaban J connectivity index is 1.63. The maximum atomic E-state index is 12.9. The number of aromatic nitrogens is 4. The molecule has 3 aromatic heterocycles. The lowest BCUT2D eigenvalue weighted by molar-refractivity contribution is 0.0819. The Bertz CT molecular complexity index is 1200. The van der Waals surface area contributed by atoms with Crippen LogP contribution >= 0.6 is 0 Å². The van der Waals surface area contributed by atoms with Gasteiger partial charge in [0.25, 0.3) is 5.91 Å². The summed E-state index contributed by atoms with van der Waals surface area (Å²) in [4.78, 5) is 31.4. The average molecular weight is 387 g/mol. The third-order valence-electron chi connectivity index (χ3n) is 4.80. The van der Waals surface area contributed by atoms with Gasteiger partial charge in [-0.25, -0.2) is 4.98 Å². The standard InChI is InChI=1S/C22H21N5O2/c1-25(2)22(29)17-13-23-26(3)21(17)19(28)11-15-9-10-27-14-18(24-20(27)12-15)16-7-5-4-6-8-16/h4-10,12-14H,11H2,1-3H3. The number of carbonyl (C=O) groups excluding carboxylic acids is 2. The first-order valence-corrected chi connectivity index (χ1v) is 9.24. The van der Waals surface area contributed by atoms with Gasteiger partial charge in [-0.3, -0.25) is 14.3 Å². The minimum Gasteiger partial charge on any atom is -0.345 e. The van der Waals surface area contributed by atoms with Crippen LogP contribution in [-0.2, 0) is 13.5 Å². The van der Waals surface area contributed by atoms with Gasteiger partial charge in [-0.2, -0.15) is 5.10 Å². The van der Waals surface area contributed by atoms with Crippen molar-refractivity contribution in [2.45, 2.75) is 6.42 Å². The molecule has 4 rings (SSSR count). The Morgan fingerprint density at radius 2 is 1.86 bits per heavy atom. The van der Waals surface area contributed by atoms with E-state index < -0.39 is 0 Å². The summed E-state index contributed by atoms with van der Waals surface area (Å²) in [5.74, 6) is -0.396. The Morgan fingerprint density at radius 3 is 2.59 bits per heavy atom. The SMILES string of the molecule is CN(C)C(=O)c1cnn(C)c1C(=O)Cc1ccn2cc(-c3ccccc3)nc2c1. The van der Waals surface area contributed by atoms with Crippen molar-refractivity contribution in [1.82, 2.24) is 24.1 Å². The number of hydrogen-bond donors (Lipinski definition) is 0. The third-order valence-corrected chi connectivity index (χ3v) is 4.80. The van der Waals surface area contributed by atoms with Crippen LogP contribution in [0.5, 0.6) is 0 Å². The molecule has 0 N–H and O–H groups in total. The summed E-state index contributed by atoms with van der Waals surface area (Å²) in [7, 11) is 4.98. The predicted octanol–water partition coefficient (Wildman–Crippen LogP) is 2.86. The van der Waals surface area contributed by atoms with Crippen LogP contribution in [0.4, 0.5) is 0 Å². The molecule has 1 aromatic carbocycles. The molecule has 146 valence electrons. The fraction of sp³-hybridized carbons (Fsp3) is 0.182. The molecule has 0 aliphatic carbocycles. The molecule has 0 fully saturated rings. The van der Waals surface area contributed by atoms with Gasteiger partial charge >= 0.3 is 0 Å². The van der Waals surface area contributed by atoms with Crippen LogP contribution in [0.3, 0.4) is 0 Å². The number of fused-ring (bicyclic) bond motifs is 1. The summed E-state index contributed by atoms with van der Waals surface area (Å²) in [6.07, 6.45) is 5.47. The summed E-state index contributed by atoms with van der Waals surface area (Å²) in [6, 6.07) is 13.7. The topological polar surface area (TPSA) is 72.5 Å². The average Bonchev–Trinajstić information content (AvgIpc) is 3.31. The lowest BCUT2D eigenvalue weighted by atomic mass is 10.0. The molecular weight excluding hydrogens is 366 g/mol. The Morgan fingerprint density at radius 1 is 1.10 bits per heavy atom. The lowest BCUT2D eigenvalue weighted by Crippen LogP contribution is -2.24. The van der Waals surface area contributed by atoms with E-state index in [0.717, 1.165) is 22.5 Å². The molecule has 1 amide bonds. The first kappa shape index (κ1) is 18.6. The van der Waals surface area contributed by atoms with E-state index in [-0.39, 0.29) is 18.1 Å². The summed E-state index contributed by atoms with van der Waals surface area (Å²) in [5, 5.41) is 4.10. The minimum atomic E-state index is -0.238. The molecule has 4 aromatic rings. The number of amides is 1. The zero-order chi connectivity index (χ0) is 20.5. The molecule has 0 radical (unpaired) electrons. The minimum absolute atomic E-state index is 0.158. The van der Waals surface area contributed by atoms with Gasteiger partial charge in [-0.1, -0.05) is 30.3 Å². The highest BCUT2D eigenvalue weighted by Crippen LogP contribution is 2.20. The van der Waals surface area contributed by atoms with E-state index in [1.807, 2.05) is 59.3 Å². The molecule has 7 heteroatoms. The molecule has 0 aliphatic heterocycles. The molecule has 7 nitrogen and oxygen atoms in total. The van der Waals surface area contributed by atoms with Crippen molar-refractivity contribution in [3.63, 3.8) is 0 Å². The molecule has 0 saturated heterocycles. The maximum Gasteiger partial charge on any atom is 0.257 e. The molecule has 0 unspecified atom stereocenters. The van der Waals surface area contributed by atoms with E-state index in [9.17, 15) is 9.59 Å². The van der Waals surface area contributed by atoms with E-state index in [1.54, 1.807) is 21.1 Å². The summed E-state index contributed by atoms with van der Waals surface area (Å²) in [5.41, 5.74) is 4.14. The molecule has 0 atom stereocenters. The number of benzene rings is 1. The van der Waals surface area contributed by atoms with Crippen molar-refractivity contribution in [1.29, 1.82) is 0 Å². The van der Waals surface area contributed by atoms with E-state index in [0.29, 0.717) is 11.3 Å². The highest BCUT2D eigenvalue weighted by Gasteiger charge is 2.23. The molecule has 0 saturated carbocycles. The molecule has 0 spiro atoms. The maximum absolute atomic E-state index is 12.9. The summed E-state index contributed by atoms with van der Waals surface area (Å²) < 4.78 is 3.39. The second-order valence-electron chi connectivity index (χ2n) is 7.12. The normalized spacial score (nSPS) is 11.0. The summed E-state index contributed by atoms with van der Waals surface area (Å²) in [6.45, 7) is 0. The zero-order valence-corrected chi connectivity index (χ0v) is 16.5. The van der Waals surface area contributed by atoms with Gasteiger partial charge in [0.1, 0.15) is 11.3 Å². The molecule has 0 aliphatic rings.